The number of pyridine rings is 1. The van der Waals surface area contributed by atoms with Gasteiger partial charge in [-0.05, 0) is 28.1 Å². The molecule has 3 aromatic rings. The SMILES string of the molecule is O=C(N/N=C\c1c[nH]c2ccccc12)c1cncc(Br)c1. The second-order valence-corrected chi connectivity index (χ2v) is 5.30. The Labute approximate surface area is 129 Å². The van der Waals surface area contributed by atoms with E-state index in [1.54, 1.807) is 18.5 Å². The topological polar surface area (TPSA) is 70.1 Å². The lowest BCUT2D eigenvalue weighted by atomic mass is 10.2. The van der Waals surface area contributed by atoms with E-state index in [0.717, 1.165) is 20.9 Å². The number of amides is 1. The maximum Gasteiger partial charge on any atom is 0.272 e. The molecule has 0 saturated heterocycles. The largest absolute Gasteiger partial charge is 0.361 e. The molecule has 21 heavy (non-hydrogen) atoms. The summed E-state index contributed by atoms with van der Waals surface area (Å²) in [6, 6.07) is 9.58. The third kappa shape index (κ3) is 3.00. The number of H-pyrrole nitrogens is 1. The lowest BCUT2D eigenvalue weighted by Gasteiger charge is -1.99. The van der Waals surface area contributed by atoms with Crippen molar-refractivity contribution in [2.75, 3.05) is 0 Å². The van der Waals surface area contributed by atoms with Crippen molar-refractivity contribution in [1.82, 2.24) is 15.4 Å². The van der Waals surface area contributed by atoms with Crippen molar-refractivity contribution < 1.29 is 4.79 Å². The van der Waals surface area contributed by atoms with Crippen LogP contribution in [0.4, 0.5) is 0 Å². The van der Waals surface area contributed by atoms with Crippen molar-refractivity contribution in [3.63, 3.8) is 0 Å². The zero-order valence-corrected chi connectivity index (χ0v) is 12.5. The van der Waals surface area contributed by atoms with Crippen molar-refractivity contribution in [2.45, 2.75) is 0 Å². The first kappa shape index (κ1) is 13.5. The van der Waals surface area contributed by atoms with Crippen LogP contribution in [0.1, 0.15) is 15.9 Å². The average molecular weight is 343 g/mol. The fourth-order valence-corrected chi connectivity index (χ4v) is 2.33. The predicted octanol–water partition coefficient (Wildman–Crippen LogP) is 3.09. The van der Waals surface area contributed by atoms with Gasteiger partial charge < -0.3 is 4.98 Å². The highest BCUT2D eigenvalue weighted by Gasteiger charge is 2.05. The maximum atomic E-state index is 11.9. The number of rotatable bonds is 3. The molecule has 5 nitrogen and oxygen atoms in total. The Balaban J connectivity index is 1.74. The van der Waals surface area contributed by atoms with Crippen LogP contribution in [0.3, 0.4) is 0 Å². The third-order valence-corrected chi connectivity index (χ3v) is 3.39. The molecule has 2 aromatic heterocycles. The average Bonchev–Trinajstić information content (AvgIpc) is 2.91. The van der Waals surface area contributed by atoms with Crippen molar-refractivity contribution >= 4 is 39.0 Å². The van der Waals surface area contributed by atoms with E-state index in [9.17, 15) is 4.79 Å². The minimum atomic E-state index is -0.306. The van der Waals surface area contributed by atoms with Gasteiger partial charge in [0.25, 0.3) is 5.91 Å². The molecule has 2 heterocycles. The summed E-state index contributed by atoms with van der Waals surface area (Å²) in [6.07, 6.45) is 6.57. The van der Waals surface area contributed by atoms with E-state index < -0.39 is 0 Å². The van der Waals surface area contributed by atoms with Gasteiger partial charge in [0.2, 0.25) is 0 Å². The van der Waals surface area contributed by atoms with E-state index in [1.807, 2.05) is 30.5 Å². The van der Waals surface area contributed by atoms with Gasteiger partial charge in [0.15, 0.2) is 0 Å². The van der Waals surface area contributed by atoms with Crippen LogP contribution in [0.25, 0.3) is 10.9 Å². The number of benzene rings is 1. The summed E-state index contributed by atoms with van der Waals surface area (Å²) in [5.74, 6) is -0.306. The molecular formula is C15H11BrN4O. The van der Waals surface area contributed by atoms with Gasteiger partial charge in [0.1, 0.15) is 0 Å². The Morgan fingerprint density at radius 2 is 2.19 bits per heavy atom. The predicted molar refractivity (Wildman–Crippen MR) is 85.3 cm³/mol. The number of nitrogens with one attached hydrogen (secondary N) is 2. The normalized spacial score (nSPS) is 11.1. The van der Waals surface area contributed by atoms with Crippen LogP contribution in [-0.4, -0.2) is 22.1 Å². The van der Waals surface area contributed by atoms with Crippen molar-refractivity contribution in [3.05, 3.63) is 64.5 Å². The van der Waals surface area contributed by atoms with Gasteiger partial charge in [-0.1, -0.05) is 18.2 Å². The summed E-state index contributed by atoms with van der Waals surface area (Å²) >= 11 is 3.27. The minimum Gasteiger partial charge on any atom is -0.361 e. The molecule has 0 unspecified atom stereocenters. The number of hydrogen-bond acceptors (Lipinski definition) is 3. The first-order valence-corrected chi connectivity index (χ1v) is 7.03. The molecule has 0 aliphatic rings. The van der Waals surface area contributed by atoms with Crippen LogP contribution in [0, 0.1) is 0 Å². The second kappa shape index (κ2) is 5.88. The van der Waals surface area contributed by atoms with E-state index in [1.165, 1.54) is 6.20 Å². The highest BCUT2D eigenvalue weighted by molar-refractivity contribution is 9.10. The van der Waals surface area contributed by atoms with Gasteiger partial charge in [-0.25, -0.2) is 5.43 Å². The zero-order chi connectivity index (χ0) is 14.7. The Morgan fingerprint density at radius 1 is 1.33 bits per heavy atom. The molecular weight excluding hydrogens is 332 g/mol. The van der Waals surface area contributed by atoms with Gasteiger partial charge in [0.05, 0.1) is 11.8 Å². The van der Waals surface area contributed by atoms with Gasteiger partial charge in [-0.2, -0.15) is 5.10 Å². The van der Waals surface area contributed by atoms with Gasteiger partial charge in [-0.15, -0.1) is 0 Å². The summed E-state index contributed by atoms with van der Waals surface area (Å²) in [7, 11) is 0. The molecule has 104 valence electrons. The fourth-order valence-electron chi connectivity index (χ4n) is 1.96. The molecule has 0 fully saturated rings. The van der Waals surface area contributed by atoms with E-state index in [-0.39, 0.29) is 5.91 Å². The summed E-state index contributed by atoms with van der Waals surface area (Å²) in [4.78, 5) is 19.0. The maximum absolute atomic E-state index is 11.9. The first-order valence-electron chi connectivity index (χ1n) is 6.24. The lowest BCUT2D eigenvalue weighted by Crippen LogP contribution is -2.17. The number of hydrazone groups is 1. The highest BCUT2D eigenvalue weighted by Crippen LogP contribution is 2.15. The molecule has 1 aromatic carbocycles. The number of fused-ring (bicyclic) bond motifs is 1. The number of aromatic amines is 1. The minimum absolute atomic E-state index is 0.306. The van der Waals surface area contributed by atoms with Crippen LogP contribution in [0.2, 0.25) is 0 Å². The lowest BCUT2D eigenvalue weighted by molar-refractivity contribution is 0.0954. The molecule has 0 saturated carbocycles. The number of nitrogens with zero attached hydrogens (tertiary/aromatic N) is 2. The Morgan fingerprint density at radius 3 is 3.05 bits per heavy atom. The smallest absolute Gasteiger partial charge is 0.272 e. The molecule has 1 amide bonds. The van der Waals surface area contributed by atoms with Crippen molar-refractivity contribution in [3.8, 4) is 0 Å². The molecule has 6 heteroatoms. The van der Waals surface area contributed by atoms with E-state index in [2.05, 4.69) is 36.4 Å². The number of para-hydroxylation sites is 1. The van der Waals surface area contributed by atoms with E-state index >= 15 is 0 Å². The number of carbonyl (C=O) groups excluding carboxylic acids is 1. The fraction of sp³-hybridized carbons (Fsp3) is 0. The Bertz CT molecular complexity index is 825. The Hall–Kier alpha value is -2.47. The quantitative estimate of drug-likeness (QED) is 0.567. The third-order valence-electron chi connectivity index (χ3n) is 2.96. The molecule has 3 rings (SSSR count). The number of hydrogen-bond donors (Lipinski definition) is 2. The van der Waals surface area contributed by atoms with Crippen LogP contribution in [0.15, 0.2) is 58.5 Å². The molecule has 0 aliphatic heterocycles. The summed E-state index contributed by atoms with van der Waals surface area (Å²) in [5.41, 5.74) is 4.87. The molecule has 0 atom stereocenters. The van der Waals surface area contributed by atoms with Crippen LogP contribution in [-0.2, 0) is 0 Å². The zero-order valence-electron chi connectivity index (χ0n) is 10.9. The molecule has 2 N–H and O–H groups in total. The molecule has 0 bridgehead atoms. The van der Waals surface area contributed by atoms with Gasteiger partial charge in [0, 0.05) is 39.5 Å². The van der Waals surface area contributed by atoms with Gasteiger partial charge >= 0.3 is 0 Å². The summed E-state index contributed by atoms with van der Waals surface area (Å²) in [6.45, 7) is 0. The first-order chi connectivity index (χ1) is 10.2. The van der Waals surface area contributed by atoms with Crippen molar-refractivity contribution in [2.24, 2.45) is 5.10 Å². The van der Waals surface area contributed by atoms with Crippen LogP contribution < -0.4 is 5.43 Å². The summed E-state index contributed by atoms with van der Waals surface area (Å²) < 4.78 is 0.746. The van der Waals surface area contributed by atoms with Crippen molar-refractivity contribution in [1.29, 1.82) is 0 Å². The number of carbonyl (C=O) groups is 1. The standard InChI is InChI=1S/C15H11BrN4O/c16-12-5-10(6-17-9-12)15(21)20-19-8-11-7-18-14-4-2-1-3-13(11)14/h1-9,18H,(H,20,21)/b19-8-. The van der Waals surface area contributed by atoms with Crippen LogP contribution in [0.5, 0.6) is 0 Å². The molecule has 0 radical (unpaired) electrons. The number of halogens is 1. The monoisotopic (exact) mass is 342 g/mol. The molecule has 0 aliphatic carbocycles. The van der Waals surface area contributed by atoms with Crippen LogP contribution >= 0.6 is 15.9 Å². The van der Waals surface area contributed by atoms with Gasteiger partial charge in [-0.3, -0.25) is 9.78 Å². The highest BCUT2D eigenvalue weighted by atomic mass is 79.9. The van der Waals surface area contributed by atoms with E-state index in [4.69, 9.17) is 0 Å². The van der Waals surface area contributed by atoms with E-state index in [0.29, 0.717) is 5.56 Å². The second-order valence-electron chi connectivity index (χ2n) is 4.38. The Kier molecular flexibility index (Phi) is 3.79. The summed E-state index contributed by atoms with van der Waals surface area (Å²) in [5, 5.41) is 5.04. The molecule has 0 spiro atoms. The number of aromatic nitrogens is 2.